The van der Waals surface area contributed by atoms with Crippen LogP contribution >= 0.6 is 0 Å². The van der Waals surface area contributed by atoms with Crippen LogP contribution in [0.3, 0.4) is 0 Å². The highest BCUT2D eigenvalue weighted by Crippen LogP contribution is 2.28. The number of hydrogen-bond donors (Lipinski definition) is 2. The van der Waals surface area contributed by atoms with Crippen LogP contribution in [0.2, 0.25) is 0 Å². The van der Waals surface area contributed by atoms with Crippen LogP contribution in [0.15, 0.2) is 30.6 Å². The average Bonchev–Trinajstić information content (AvgIpc) is 2.65. The van der Waals surface area contributed by atoms with Gasteiger partial charge in [-0.1, -0.05) is 0 Å². The standard InChI is InChI=1S/C10H10N4/c11-7-1-2-9-8(5-7)13-6-10-12-3-4-14(9)10/h1-5,13H,6,11H2. The predicted molar refractivity (Wildman–Crippen MR) is 55.3 cm³/mol. The molecule has 0 aliphatic carbocycles. The Morgan fingerprint density at radius 1 is 1.43 bits per heavy atom. The number of imidazole rings is 1. The van der Waals surface area contributed by atoms with Gasteiger partial charge in [-0.25, -0.2) is 4.98 Å². The zero-order chi connectivity index (χ0) is 9.54. The highest BCUT2D eigenvalue weighted by atomic mass is 15.1. The number of rotatable bonds is 0. The van der Waals surface area contributed by atoms with Crippen molar-refractivity contribution in [3.05, 3.63) is 36.4 Å². The summed E-state index contributed by atoms with van der Waals surface area (Å²) in [4.78, 5) is 4.25. The second-order valence-corrected chi connectivity index (χ2v) is 3.34. The average molecular weight is 186 g/mol. The Hall–Kier alpha value is -1.97. The fourth-order valence-electron chi connectivity index (χ4n) is 1.76. The molecule has 0 bridgehead atoms. The Morgan fingerprint density at radius 3 is 3.29 bits per heavy atom. The van der Waals surface area contributed by atoms with Crippen LogP contribution in [0.1, 0.15) is 5.82 Å². The third-order valence-electron chi connectivity index (χ3n) is 2.43. The van der Waals surface area contributed by atoms with Crippen LogP contribution in [0.4, 0.5) is 11.4 Å². The zero-order valence-electron chi connectivity index (χ0n) is 7.57. The molecule has 1 aromatic carbocycles. The molecule has 0 saturated carbocycles. The summed E-state index contributed by atoms with van der Waals surface area (Å²) in [5, 5.41) is 3.28. The minimum absolute atomic E-state index is 0.753. The van der Waals surface area contributed by atoms with Crippen molar-refractivity contribution < 1.29 is 0 Å². The van der Waals surface area contributed by atoms with Gasteiger partial charge in [0.25, 0.3) is 0 Å². The lowest BCUT2D eigenvalue weighted by atomic mass is 10.2. The van der Waals surface area contributed by atoms with Gasteiger partial charge in [0.1, 0.15) is 5.82 Å². The van der Waals surface area contributed by atoms with E-state index in [1.165, 1.54) is 0 Å². The highest BCUT2D eigenvalue weighted by Gasteiger charge is 2.14. The van der Waals surface area contributed by atoms with Gasteiger partial charge in [-0.2, -0.15) is 0 Å². The fraction of sp³-hybridized carbons (Fsp3) is 0.100. The van der Waals surface area contributed by atoms with Crippen molar-refractivity contribution in [3.8, 4) is 5.69 Å². The predicted octanol–water partition coefficient (Wildman–Crippen LogP) is 1.38. The zero-order valence-corrected chi connectivity index (χ0v) is 7.57. The van der Waals surface area contributed by atoms with E-state index in [1.54, 1.807) is 0 Å². The summed E-state index contributed by atoms with van der Waals surface area (Å²) in [5.41, 5.74) is 8.66. The molecule has 0 unspecified atom stereocenters. The first-order valence-corrected chi connectivity index (χ1v) is 4.50. The van der Waals surface area contributed by atoms with E-state index in [9.17, 15) is 0 Å². The monoisotopic (exact) mass is 186 g/mol. The largest absolute Gasteiger partial charge is 0.399 e. The van der Waals surface area contributed by atoms with Gasteiger partial charge in [0.05, 0.1) is 17.9 Å². The Kier molecular flexibility index (Phi) is 1.33. The van der Waals surface area contributed by atoms with E-state index in [0.717, 1.165) is 29.4 Å². The third-order valence-corrected chi connectivity index (χ3v) is 2.43. The molecule has 2 aromatic rings. The number of nitrogens with one attached hydrogen (secondary N) is 1. The van der Waals surface area contributed by atoms with Crippen molar-refractivity contribution in [1.82, 2.24) is 9.55 Å². The van der Waals surface area contributed by atoms with E-state index >= 15 is 0 Å². The summed E-state index contributed by atoms with van der Waals surface area (Å²) in [6.07, 6.45) is 3.77. The smallest absolute Gasteiger partial charge is 0.132 e. The number of anilines is 2. The summed E-state index contributed by atoms with van der Waals surface area (Å²) < 4.78 is 2.07. The lowest BCUT2D eigenvalue weighted by Gasteiger charge is -2.20. The van der Waals surface area contributed by atoms with Crippen LogP contribution < -0.4 is 11.1 Å². The Balaban J connectivity index is 2.26. The number of nitrogen functional groups attached to an aromatic ring is 1. The molecule has 1 aliphatic rings. The van der Waals surface area contributed by atoms with Crippen molar-refractivity contribution in [2.45, 2.75) is 6.54 Å². The summed E-state index contributed by atoms with van der Waals surface area (Å²) in [6, 6.07) is 5.84. The topological polar surface area (TPSA) is 55.9 Å². The van der Waals surface area contributed by atoms with Gasteiger partial charge in [0.15, 0.2) is 0 Å². The molecule has 70 valence electrons. The van der Waals surface area contributed by atoms with Crippen LogP contribution in [0.5, 0.6) is 0 Å². The van der Waals surface area contributed by atoms with Gasteiger partial charge in [0.2, 0.25) is 0 Å². The Labute approximate surface area is 81.4 Å². The molecular formula is C10H10N4. The Morgan fingerprint density at radius 2 is 2.36 bits per heavy atom. The molecule has 3 N–H and O–H groups in total. The van der Waals surface area contributed by atoms with Crippen LogP contribution in [0.25, 0.3) is 5.69 Å². The minimum atomic E-state index is 0.753. The maximum Gasteiger partial charge on any atom is 0.132 e. The molecule has 4 heteroatoms. The third kappa shape index (κ3) is 0.907. The quantitative estimate of drug-likeness (QED) is 0.611. The number of nitrogens with zero attached hydrogens (tertiary/aromatic N) is 2. The van der Waals surface area contributed by atoms with Crippen LogP contribution in [-0.4, -0.2) is 9.55 Å². The lowest BCUT2D eigenvalue weighted by molar-refractivity contribution is 0.868. The van der Waals surface area contributed by atoms with E-state index in [4.69, 9.17) is 5.73 Å². The summed E-state index contributed by atoms with van der Waals surface area (Å²) >= 11 is 0. The number of nitrogens with two attached hydrogens (primary N) is 1. The van der Waals surface area contributed by atoms with E-state index < -0.39 is 0 Å². The van der Waals surface area contributed by atoms with Gasteiger partial charge >= 0.3 is 0 Å². The van der Waals surface area contributed by atoms with E-state index in [0.29, 0.717) is 0 Å². The normalized spacial score (nSPS) is 12.9. The maximum absolute atomic E-state index is 5.71. The van der Waals surface area contributed by atoms with Crippen LogP contribution in [-0.2, 0) is 6.54 Å². The molecule has 1 aromatic heterocycles. The number of fused-ring (bicyclic) bond motifs is 3. The molecule has 0 saturated heterocycles. The molecule has 0 amide bonds. The number of aromatic nitrogens is 2. The van der Waals surface area contributed by atoms with E-state index in [2.05, 4.69) is 14.9 Å². The van der Waals surface area contributed by atoms with E-state index in [-0.39, 0.29) is 0 Å². The number of hydrogen-bond acceptors (Lipinski definition) is 3. The maximum atomic E-state index is 5.71. The lowest BCUT2D eigenvalue weighted by Crippen LogP contribution is -2.15. The van der Waals surface area contributed by atoms with Crippen molar-refractivity contribution in [1.29, 1.82) is 0 Å². The molecule has 4 nitrogen and oxygen atoms in total. The summed E-state index contributed by atoms with van der Waals surface area (Å²) in [6.45, 7) is 0.753. The SMILES string of the molecule is Nc1ccc2c(c1)NCc1nccn1-2. The molecular weight excluding hydrogens is 176 g/mol. The first kappa shape index (κ1) is 7.44. The second kappa shape index (κ2) is 2.51. The molecule has 2 heterocycles. The fourth-order valence-corrected chi connectivity index (χ4v) is 1.76. The van der Waals surface area contributed by atoms with Gasteiger partial charge < -0.3 is 15.6 Å². The van der Waals surface area contributed by atoms with Crippen molar-refractivity contribution in [2.24, 2.45) is 0 Å². The molecule has 1 aliphatic heterocycles. The molecule has 0 radical (unpaired) electrons. The first-order chi connectivity index (χ1) is 6.84. The minimum Gasteiger partial charge on any atom is -0.399 e. The van der Waals surface area contributed by atoms with Gasteiger partial charge in [-0.3, -0.25) is 0 Å². The Bertz CT molecular complexity index is 487. The van der Waals surface area contributed by atoms with Crippen molar-refractivity contribution in [2.75, 3.05) is 11.1 Å². The van der Waals surface area contributed by atoms with E-state index in [1.807, 2.05) is 30.6 Å². The van der Waals surface area contributed by atoms with Gasteiger partial charge in [-0.05, 0) is 18.2 Å². The highest BCUT2D eigenvalue weighted by molar-refractivity contribution is 5.68. The molecule has 0 spiro atoms. The van der Waals surface area contributed by atoms with Gasteiger partial charge in [-0.15, -0.1) is 0 Å². The second-order valence-electron chi connectivity index (χ2n) is 3.34. The summed E-state index contributed by atoms with van der Waals surface area (Å²) in [7, 11) is 0. The van der Waals surface area contributed by atoms with Crippen LogP contribution in [0, 0.1) is 0 Å². The van der Waals surface area contributed by atoms with Gasteiger partial charge in [0, 0.05) is 18.1 Å². The number of benzene rings is 1. The molecule has 14 heavy (non-hydrogen) atoms. The first-order valence-electron chi connectivity index (χ1n) is 4.50. The molecule has 0 atom stereocenters. The van der Waals surface area contributed by atoms with Crippen molar-refractivity contribution in [3.63, 3.8) is 0 Å². The molecule has 0 fully saturated rings. The molecule has 3 rings (SSSR count). The summed E-state index contributed by atoms with van der Waals surface area (Å²) in [5.74, 6) is 1.03. The van der Waals surface area contributed by atoms with Crippen molar-refractivity contribution >= 4 is 11.4 Å².